The van der Waals surface area contributed by atoms with Crippen molar-refractivity contribution in [3.8, 4) is 11.5 Å². The van der Waals surface area contributed by atoms with Gasteiger partial charge in [0.2, 0.25) is 5.12 Å². The summed E-state index contributed by atoms with van der Waals surface area (Å²) in [6.45, 7) is 13.3. The molecule has 1 heterocycles. The zero-order valence-electron chi connectivity index (χ0n) is 23.4. The molecular weight excluding hydrogens is 503 g/mol. The van der Waals surface area contributed by atoms with Crippen LogP contribution in [0.25, 0.3) is 21.5 Å². The molecule has 0 amide bonds. The summed E-state index contributed by atoms with van der Waals surface area (Å²) in [5.41, 5.74) is 4.80. The second kappa shape index (κ2) is 9.84. The second-order valence-corrected chi connectivity index (χ2v) is 13.8. The maximum atomic E-state index is 13.3. The summed E-state index contributed by atoms with van der Waals surface area (Å²) in [7, 11) is -2.05. The van der Waals surface area contributed by atoms with Crippen LogP contribution in [0.4, 0.5) is 0 Å². The molecule has 0 spiro atoms. The molecule has 0 aliphatic carbocycles. The molecule has 3 atom stereocenters. The predicted octanol–water partition coefficient (Wildman–Crippen LogP) is 10.1. The smallest absolute Gasteiger partial charge is 0.508 e. The molecule has 5 aromatic rings. The highest BCUT2D eigenvalue weighted by atomic mass is 31.1. The van der Waals surface area contributed by atoms with Crippen molar-refractivity contribution in [3.05, 3.63) is 107 Å². The Balaban J connectivity index is 1.83. The van der Waals surface area contributed by atoms with Crippen LogP contribution < -0.4 is 0 Å². The van der Waals surface area contributed by atoms with Gasteiger partial charge >= 0.3 is 7.65 Å². The van der Waals surface area contributed by atoms with E-state index in [0.29, 0.717) is 10.7 Å². The first-order valence-corrected chi connectivity index (χ1v) is 14.5. The van der Waals surface area contributed by atoms with Crippen molar-refractivity contribution in [2.24, 2.45) is 10.8 Å². The lowest BCUT2D eigenvalue weighted by Gasteiger charge is -2.33. The van der Waals surface area contributed by atoms with Gasteiger partial charge in [0.1, 0.15) is 11.5 Å². The van der Waals surface area contributed by atoms with Gasteiger partial charge in [0.15, 0.2) is 5.58 Å². The van der Waals surface area contributed by atoms with E-state index in [1.54, 1.807) is 24.3 Å². The first-order chi connectivity index (χ1) is 18.3. The van der Waals surface area contributed by atoms with Crippen LogP contribution in [0.1, 0.15) is 75.6 Å². The van der Waals surface area contributed by atoms with Gasteiger partial charge in [0, 0.05) is 22.6 Å². The monoisotopic (exact) mass is 539 g/mol. The Kier molecular flexibility index (Phi) is 6.81. The van der Waals surface area contributed by atoms with E-state index in [1.165, 1.54) is 0 Å². The lowest BCUT2D eigenvalue weighted by atomic mass is 9.71. The van der Waals surface area contributed by atoms with Crippen LogP contribution in [0.2, 0.25) is 0 Å². The van der Waals surface area contributed by atoms with Crippen LogP contribution in [0.3, 0.4) is 0 Å². The van der Waals surface area contributed by atoms with Crippen LogP contribution in [0, 0.1) is 10.8 Å². The first-order valence-electron chi connectivity index (χ1n) is 13.3. The quantitative estimate of drug-likeness (QED) is 0.223. The number of benzene rings is 4. The molecule has 0 fully saturated rings. The zero-order valence-corrected chi connectivity index (χ0v) is 24.3. The highest BCUT2D eigenvalue weighted by molar-refractivity contribution is 7.37. The van der Waals surface area contributed by atoms with Gasteiger partial charge in [-0.2, -0.15) is 0 Å². The van der Waals surface area contributed by atoms with E-state index in [9.17, 15) is 14.8 Å². The molecule has 5 rings (SSSR count). The summed E-state index contributed by atoms with van der Waals surface area (Å²) in [4.78, 5) is 0. The molecule has 39 heavy (non-hydrogen) atoms. The Morgan fingerprint density at radius 3 is 1.72 bits per heavy atom. The molecule has 3 unspecified atom stereocenters. The van der Waals surface area contributed by atoms with E-state index in [0.717, 1.165) is 33.0 Å². The molecule has 5 heteroatoms. The summed E-state index contributed by atoms with van der Waals surface area (Å²) in [6, 6.07) is 27.1. The average molecular weight is 540 g/mol. The highest BCUT2D eigenvalue weighted by Crippen LogP contribution is 2.48. The Hall–Kier alpha value is -3.62. The maximum Gasteiger partial charge on any atom is 0.597 e. The molecule has 200 valence electrons. The zero-order chi connectivity index (χ0) is 28.1. The van der Waals surface area contributed by atoms with Gasteiger partial charge in [-0.05, 0) is 80.1 Å². The summed E-state index contributed by atoms with van der Waals surface area (Å²) < 4.78 is 19.3. The minimum atomic E-state index is -2.05. The molecule has 0 bridgehead atoms. The normalized spacial score (nSPS) is 14.5. The predicted molar refractivity (Wildman–Crippen MR) is 160 cm³/mol. The molecule has 1 aromatic heterocycles. The highest BCUT2D eigenvalue weighted by Gasteiger charge is 2.33. The lowest BCUT2D eigenvalue weighted by molar-refractivity contribution is 0.358. The first kappa shape index (κ1) is 27.0. The number of phenols is 2. The van der Waals surface area contributed by atoms with Crippen molar-refractivity contribution in [2.45, 2.75) is 53.4 Å². The van der Waals surface area contributed by atoms with Gasteiger partial charge in [-0.3, -0.25) is 0 Å². The Labute approximate surface area is 230 Å². The molecular formula is C34H36O4P+. The Morgan fingerprint density at radius 2 is 1.18 bits per heavy atom. The van der Waals surface area contributed by atoms with E-state index < -0.39 is 7.65 Å². The number of hydrogen-bond acceptors (Lipinski definition) is 4. The maximum absolute atomic E-state index is 13.3. The van der Waals surface area contributed by atoms with Crippen molar-refractivity contribution < 1.29 is 19.0 Å². The molecule has 0 radical (unpaired) electrons. The van der Waals surface area contributed by atoms with Crippen LogP contribution in [0.15, 0.2) is 89.1 Å². The minimum Gasteiger partial charge on any atom is -0.508 e. The third-order valence-corrected chi connectivity index (χ3v) is 8.70. The van der Waals surface area contributed by atoms with Crippen molar-refractivity contribution in [2.75, 3.05) is 0 Å². The molecule has 4 nitrogen and oxygen atoms in total. The minimum absolute atomic E-state index is 0.000326. The summed E-state index contributed by atoms with van der Waals surface area (Å²) in [5, 5.41) is 22.5. The molecule has 2 N–H and O–H groups in total. The Morgan fingerprint density at radius 1 is 0.667 bits per heavy atom. The summed E-state index contributed by atoms with van der Waals surface area (Å²) >= 11 is 0. The lowest BCUT2D eigenvalue weighted by Crippen LogP contribution is -2.20. The molecule has 0 saturated heterocycles. The van der Waals surface area contributed by atoms with E-state index in [4.69, 9.17) is 4.20 Å². The third kappa shape index (κ3) is 5.18. The van der Waals surface area contributed by atoms with Gasteiger partial charge in [0.05, 0.1) is 0 Å². The van der Waals surface area contributed by atoms with E-state index in [-0.39, 0.29) is 34.2 Å². The van der Waals surface area contributed by atoms with E-state index in [1.807, 2.05) is 42.5 Å². The van der Waals surface area contributed by atoms with E-state index in [2.05, 4.69) is 59.7 Å². The van der Waals surface area contributed by atoms with Crippen molar-refractivity contribution in [1.82, 2.24) is 0 Å². The number of fused-ring (bicyclic) bond motifs is 3. The van der Waals surface area contributed by atoms with Gasteiger partial charge in [-0.25, -0.2) is 4.20 Å². The van der Waals surface area contributed by atoms with Crippen LogP contribution in [0.5, 0.6) is 11.5 Å². The molecule has 0 aliphatic heterocycles. The van der Waals surface area contributed by atoms with Gasteiger partial charge < -0.3 is 10.2 Å². The fraction of sp³-hybridized carbons (Fsp3) is 0.294. The fourth-order valence-electron chi connectivity index (χ4n) is 6.06. The van der Waals surface area contributed by atoms with Crippen LogP contribution in [-0.4, -0.2) is 10.2 Å². The Bertz CT molecular complexity index is 1700. The van der Waals surface area contributed by atoms with Gasteiger partial charge in [-0.1, -0.05) is 84.0 Å². The van der Waals surface area contributed by atoms with Crippen molar-refractivity contribution >= 4 is 29.1 Å². The molecule has 4 aromatic carbocycles. The fourth-order valence-corrected chi connectivity index (χ4v) is 7.05. The third-order valence-electron chi connectivity index (χ3n) is 7.56. The standard InChI is InChI=1S/C34H35O4P/c1-33(2,3)31(21-10-15-24(35)16-11-21)23-14-19-29-27(20-23)30-26(8-7-9-28(30)38-39(29)37)32(34(4,5)6)22-12-17-25(36)18-13-22/h7-20,31-32H,1-6H3,(H-,35,36)/p+1. The number of aromatic hydroxyl groups is 2. The topological polar surface area (TPSA) is 70.7 Å². The van der Waals surface area contributed by atoms with Crippen molar-refractivity contribution in [3.63, 3.8) is 0 Å². The summed E-state index contributed by atoms with van der Waals surface area (Å²) in [6.07, 6.45) is 0. The van der Waals surface area contributed by atoms with Gasteiger partial charge in [0.25, 0.3) is 0 Å². The number of rotatable bonds is 4. The molecule has 0 aliphatic rings. The largest absolute Gasteiger partial charge is 0.597 e. The molecule has 0 saturated carbocycles. The number of hydrogen-bond donors (Lipinski definition) is 2. The van der Waals surface area contributed by atoms with E-state index >= 15 is 0 Å². The van der Waals surface area contributed by atoms with Crippen LogP contribution in [-0.2, 0) is 4.57 Å². The summed E-state index contributed by atoms with van der Waals surface area (Å²) in [5.74, 6) is 0.529. The second-order valence-electron chi connectivity index (χ2n) is 12.6. The van der Waals surface area contributed by atoms with Crippen molar-refractivity contribution in [1.29, 1.82) is 0 Å². The van der Waals surface area contributed by atoms with Crippen LogP contribution >= 0.6 is 7.65 Å². The number of phenolic OH excluding ortho intramolecular Hbond substituents is 2. The SMILES string of the molecule is CC(C)(C)C(c1ccc(O)cc1)c1ccc2c(c1)c1c(C(c3ccc(O)cc3)C(C)(C)C)cccc1o[p+]2=O. The van der Waals surface area contributed by atoms with Gasteiger partial charge in [-0.15, -0.1) is 0 Å². The average Bonchev–Trinajstić information content (AvgIpc) is 2.85.